The van der Waals surface area contributed by atoms with E-state index in [1.54, 1.807) is 6.07 Å². The average molecular weight is 249 g/mol. The van der Waals surface area contributed by atoms with Crippen LogP contribution in [0.4, 0.5) is 11.7 Å². The molecule has 1 heterocycles. The number of nitrogens with two attached hydrogens (primary N) is 1. The standard InChI is InChI=1S/C13H19N3O2/c1-4-17-13(2,3)8-15-12-16-11-9(14)6-5-7-10(11)18-12/h5-7H,4,8,14H2,1-3H3,(H,15,16). The Balaban J connectivity index is 2.11. The van der Waals surface area contributed by atoms with Gasteiger partial charge in [-0.3, -0.25) is 0 Å². The second-order valence-electron chi connectivity index (χ2n) is 4.76. The van der Waals surface area contributed by atoms with Crippen LogP contribution in [0.25, 0.3) is 11.1 Å². The van der Waals surface area contributed by atoms with Gasteiger partial charge in [-0.2, -0.15) is 4.98 Å². The number of nitrogens with one attached hydrogen (secondary N) is 1. The first-order chi connectivity index (χ1) is 8.52. The fourth-order valence-corrected chi connectivity index (χ4v) is 1.78. The molecule has 0 unspecified atom stereocenters. The molecule has 2 aromatic rings. The first-order valence-electron chi connectivity index (χ1n) is 6.05. The van der Waals surface area contributed by atoms with Crippen molar-refractivity contribution in [3.05, 3.63) is 18.2 Å². The molecule has 0 saturated heterocycles. The van der Waals surface area contributed by atoms with E-state index < -0.39 is 0 Å². The van der Waals surface area contributed by atoms with Gasteiger partial charge in [0.15, 0.2) is 5.58 Å². The Morgan fingerprint density at radius 1 is 1.44 bits per heavy atom. The van der Waals surface area contributed by atoms with Crippen molar-refractivity contribution in [2.75, 3.05) is 24.2 Å². The van der Waals surface area contributed by atoms with E-state index in [-0.39, 0.29) is 5.60 Å². The summed E-state index contributed by atoms with van der Waals surface area (Å²) in [5.41, 5.74) is 7.56. The minimum atomic E-state index is -0.263. The van der Waals surface area contributed by atoms with Gasteiger partial charge in [0.05, 0.1) is 11.3 Å². The van der Waals surface area contributed by atoms with Gasteiger partial charge in [-0.25, -0.2) is 0 Å². The number of oxazole rings is 1. The second kappa shape index (κ2) is 4.86. The topological polar surface area (TPSA) is 73.3 Å². The van der Waals surface area contributed by atoms with Crippen molar-refractivity contribution >= 4 is 22.8 Å². The number of hydrogen-bond donors (Lipinski definition) is 2. The Labute approximate surface area is 106 Å². The molecule has 5 nitrogen and oxygen atoms in total. The third-order valence-electron chi connectivity index (χ3n) is 2.65. The molecule has 0 saturated carbocycles. The Bertz CT molecular complexity index is 534. The highest BCUT2D eigenvalue weighted by Crippen LogP contribution is 2.24. The molecule has 0 radical (unpaired) electrons. The number of anilines is 2. The number of ether oxygens (including phenoxy) is 1. The van der Waals surface area contributed by atoms with Crippen molar-refractivity contribution in [1.29, 1.82) is 0 Å². The summed E-state index contributed by atoms with van der Waals surface area (Å²) in [7, 11) is 0. The monoisotopic (exact) mass is 249 g/mol. The highest BCUT2D eigenvalue weighted by atomic mass is 16.5. The molecule has 1 aromatic heterocycles. The Morgan fingerprint density at radius 2 is 2.22 bits per heavy atom. The van der Waals surface area contributed by atoms with Crippen molar-refractivity contribution < 1.29 is 9.15 Å². The maximum absolute atomic E-state index is 5.82. The fourth-order valence-electron chi connectivity index (χ4n) is 1.78. The number of rotatable bonds is 5. The maximum atomic E-state index is 5.82. The lowest BCUT2D eigenvalue weighted by Crippen LogP contribution is -2.33. The molecule has 0 atom stereocenters. The van der Waals surface area contributed by atoms with Crippen LogP contribution < -0.4 is 11.1 Å². The average Bonchev–Trinajstić information content (AvgIpc) is 2.71. The number of hydrogen-bond acceptors (Lipinski definition) is 5. The Hall–Kier alpha value is -1.75. The molecule has 98 valence electrons. The first-order valence-corrected chi connectivity index (χ1v) is 6.05. The quantitative estimate of drug-likeness (QED) is 0.797. The van der Waals surface area contributed by atoms with Gasteiger partial charge >= 0.3 is 0 Å². The largest absolute Gasteiger partial charge is 0.423 e. The molecule has 0 bridgehead atoms. The van der Waals surface area contributed by atoms with Crippen molar-refractivity contribution in [2.45, 2.75) is 26.4 Å². The summed E-state index contributed by atoms with van der Waals surface area (Å²) in [6.45, 7) is 7.30. The molecule has 0 aliphatic rings. The smallest absolute Gasteiger partial charge is 0.295 e. The molecule has 0 spiro atoms. The summed E-state index contributed by atoms with van der Waals surface area (Å²) >= 11 is 0. The minimum Gasteiger partial charge on any atom is -0.423 e. The number of aromatic nitrogens is 1. The van der Waals surface area contributed by atoms with Crippen LogP contribution in [0.3, 0.4) is 0 Å². The zero-order chi connectivity index (χ0) is 13.2. The highest BCUT2D eigenvalue weighted by molar-refractivity contribution is 5.86. The summed E-state index contributed by atoms with van der Waals surface area (Å²) in [6, 6.07) is 5.96. The lowest BCUT2D eigenvalue weighted by Gasteiger charge is -2.24. The van der Waals surface area contributed by atoms with E-state index in [0.29, 0.717) is 36.0 Å². The van der Waals surface area contributed by atoms with Crippen LogP contribution >= 0.6 is 0 Å². The van der Waals surface area contributed by atoms with Crippen molar-refractivity contribution in [3.63, 3.8) is 0 Å². The number of fused-ring (bicyclic) bond motifs is 1. The molecule has 3 N–H and O–H groups in total. The molecule has 0 aliphatic carbocycles. The Morgan fingerprint density at radius 3 is 2.89 bits per heavy atom. The van der Waals surface area contributed by atoms with E-state index in [9.17, 15) is 0 Å². The number of benzene rings is 1. The van der Waals surface area contributed by atoms with Crippen LogP contribution in [0, 0.1) is 0 Å². The van der Waals surface area contributed by atoms with Crippen LogP contribution in [-0.4, -0.2) is 23.7 Å². The molecular formula is C13H19N3O2. The summed E-state index contributed by atoms with van der Waals surface area (Å²) in [4.78, 5) is 4.32. The van der Waals surface area contributed by atoms with Crippen LogP contribution in [0.2, 0.25) is 0 Å². The molecule has 5 heteroatoms. The van der Waals surface area contributed by atoms with Crippen LogP contribution in [0.15, 0.2) is 22.6 Å². The number of para-hydroxylation sites is 1. The molecule has 0 amide bonds. The third kappa shape index (κ3) is 2.73. The lowest BCUT2D eigenvalue weighted by atomic mass is 10.1. The van der Waals surface area contributed by atoms with E-state index in [4.69, 9.17) is 14.9 Å². The zero-order valence-electron chi connectivity index (χ0n) is 11.0. The number of nitrogens with zero attached hydrogens (tertiary/aromatic N) is 1. The van der Waals surface area contributed by atoms with Gasteiger partial charge < -0.3 is 20.2 Å². The summed E-state index contributed by atoms with van der Waals surface area (Å²) < 4.78 is 11.2. The molecule has 2 rings (SSSR count). The maximum Gasteiger partial charge on any atom is 0.295 e. The van der Waals surface area contributed by atoms with Gasteiger partial charge in [0.2, 0.25) is 0 Å². The predicted molar refractivity (Wildman–Crippen MR) is 72.6 cm³/mol. The number of nitrogen functional groups attached to an aromatic ring is 1. The first kappa shape index (κ1) is 12.7. The third-order valence-corrected chi connectivity index (χ3v) is 2.65. The summed E-state index contributed by atoms with van der Waals surface area (Å²) in [6.07, 6.45) is 0. The SMILES string of the molecule is CCOC(C)(C)CNc1nc2c(N)cccc2o1. The van der Waals surface area contributed by atoms with Gasteiger partial charge in [0.1, 0.15) is 5.52 Å². The lowest BCUT2D eigenvalue weighted by molar-refractivity contribution is 0.000371. The molecular weight excluding hydrogens is 230 g/mol. The van der Waals surface area contributed by atoms with Gasteiger partial charge in [-0.1, -0.05) is 6.07 Å². The van der Waals surface area contributed by atoms with Gasteiger partial charge in [-0.15, -0.1) is 0 Å². The predicted octanol–water partition coefficient (Wildman–Crippen LogP) is 2.64. The van der Waals surface area contributed by atoms with Gasteiger partial charge in [0, 0.05) is 13.2 Å². The second-order valence-corrected chi connectivity index (χ2v) is 4.76. The van der Waals surface area contributed by atoms with E-state index in [1.165, 1.54) is 0 Å². The van der Waals surface area contributed by atoms with Crippen LogP contribution in [0.1, 0.15) is 20.8 Å². The molecule has 0 fully saturated rings. The highest BCUT2D eigenvalue weighted by Gasteiger charge is 2.18. The van der Waals surface area contributed by atoms with Gasteiger partial charge in [0.25, 0.3) is 6.01 Å². The summed E-state index contributed by atoms with van der Waals surface area (Å²) in [5, 5.41) is 3.13. The summed E-state index contributed by atoms with van der Waals surface area (Å²) in [5.74, 6) is 0. The van der Waals surface area contributed by atoms with Gasteiger partial charge in [-0.05, 0) is 32.9 Å². The Kier molecular flexibility index (Phi) is 3.43. The molecule has 1 aromatic carbocycles. The van der Waals surface area contributed by atoms with Crippen molar-refractivity contribution in [3.8, 4) is 0 Å². The van der Waals surface area contributed by atoms with E-state index in [2.05, 4.69) is 10.3 Å². The zero-order valence-corrected chi connectivity index (χ0v) is 11.0. The molecule has 0 aliphatic heterocycles. The minimum absolute atomic E-state index is 0.263. The molecule has 18 heavy (non-hydrogen) atoms. The van der Waals surface area contributed by atoms with Crippen LogP contribution in [-0.2, 0) is 4.74 Å². The van der Waals surface area contributed by atoms with Crippen LogP contribution in [0.5, 0.6) is 0 Å². The van der Waals surface area contributed by atoms with E-state index in [0.717, 1.165) is 0 Å². The van der Waals surface area contributed by atoms with E-state index >= 15 is 0 Å². The normalized spacial score (nSPS) is 11.9. The van der Waals surface area contributed by atoms with Crippen molar-refractivity contribution in [1.82, 2.24) is 4.98 Å². The van der Waals surface area contributed by atoms with E-state index in [1.807, 2.05) is 32.9 Å². The van der Waals surface area contributed by atoms with Crippen molar-refractivity contribution in [2.24, 2.45) is 0 Å². The fraction of sp³-hybridized carbons (Fsp3) is 0.462.